The van der Waals surface area contributed by atoms with Gasteiger partial charge in [-0.25, -0.2) is 9.78 Å². The van der Waals surface area contributed by atoms with E-state index in [0.29, 0.717) is 13.1 Å². The van der Waals surface area contributed by atoms with Crippen molar-refractivity contribution in [3.8, 4) is 11.3 Å². The summed E-state index contributed by atoms with van der Waals surface area (Å²) in [5.41, 5.74) is 3.01. The third kappa shape index (κ3) is 6.24. The first-order valence-corrected chi connectivity index (χ1v) is 12.0. The molecular weight excluding hydrogens is 436 g/mol. The lowest BCUT2D eigenvalue weighted by Crippen LogP contribution is -2.42. The molecule has 3 aromatic rings. The zero-order valence-corrected chi connectivity index (χ0v) is 19.4. The topological polar surface area (TPSA) is 85.2 Å². The number of imidazole rings is 1. The molecule has 1 fully saturated rings. The summed E-state index contributed by atoms with van der Waals surface area (Å²) in [5.74, 6) is -0.363. The van der Waals surface area contributed by atoms with Crippen LogP contribution in [0.2, 0.25) is 0 Å². The van der Waals surface area contributed by atoms with Crippen LogP contribution >= 0.6 is 11.8 Å². The van der Waals surface area contributed by atoms with Crippen molar-refractivity contribution in [2.45, 2.75) is 49.4 Å². The summed E-state index contributed by atoms with van der Waals surface area (Å²) >= 11 is 1.34. The first kappa shape index (κ1) is 23.1. The molecule has 3 amide bonds. The number of urea groups is 1. The SMILES string of the molecule is CC(Sc1ncc(-c2ccccc2)n1CC1CCCO1)C(=O)NC(=O)NCc1ccccc1. The lowest BCUT2D eigenvalue weighted by atomic mass is 10.1. The van der Waals surface area contributed by atoms with Gasteiger partial charge in [-0.1, -0.05) is 72.4 Å². The van der Waals surface area contributed by atoms with E-state index >= 15 is 0 Å². The fourth-order valence-corrected chi connectivity index (χ4v) is 4.60. The fourth-order valence-electron chi connectivity index (χ4n) is 3.71. The second-order valence-electron chi connectivity index (χ2n) is 7.96. The molecule has 1 aliphatic rings. The van der Waals surface area contributed by atoms with Gasteiger partial charge in [-0.15, -0.1) is 0 Å². The molecule has 0 saturated carbocycles. The maximum Gasteiger partial charge on any atom is 0.321 e. The standard InChI is InChI=1S/C25H28N4O3S/c1-18(23(30)28-24(31)26-15-19-9-4-2-5-10-19)33-25-27-16-22(20-11-6-3-7-12-20)29(25)17-21-13-8-14-32-21/h2-7,9-12,16,18,21H,8,13-15,17H2,1H3,(H2,26,28,30,31). The van der Waals surface area contributed by atoms with Crippen molar-refractivity contribution in [2.75, 3.05) is 6.61 Å². The Bertz CT molecular complexity index is 1070. The van der Waals surface area contributed by atoms with Crippen LogP contribution in [-0.4, -0.2) is 39.5 Å². The van der Waals surface area contributed by atoms with Gasteiger partial charge in [0, 0.05) is 13.2 Å². The maximum atomic E-state index is 12.6. The fraction of sp³-hybridized carbons (Fsp3) is 0.320. The molecular formula is C25H28N4O3S. The van der Waals surface area contributed by atoms with Crippen molar-refractivity contribution >= 4 is 23.7 Å². The summed E-state index contributed by atoms with van der Waals surface area (Å²) in [7, 11) is 0. The molecule has 0 bridgehead atoms. The third-order valence-corrected chi connectivity index (χ3v) is 6.59. The average molecular weight is 465 g/mol. The van der Waals surface area contributed by atoms with E-state index in [-0.39, 0.29) is 12.0 Å². The minimum atomic E-state index is -0.510. The van der Waals surface area contributed by atoms with Crippen molar-refractivity contribution in [1.82, 2.24) is 20.2 Å². The van der Waals surface area contributed by atoms with E-state index in [1.807, 2.05) is 66.9 Å². The minimum Gasteiger partial charge on any atom is -0.376 e. The van der Waals surface area contributed by atoms with Crippen molar-refractivity contribution < 1.29 is 14.3 Å². The predicted octanol–water partition coefficient (Wildman–Crippen LogP) is 4.24. The quantitative estimate of drug-likeness (QED) is 0.487. The summed E-state index contributed by atoms with van der Waals surface area (Å²) < 4.78 is 7.97. The number of carbonyl (C=O) groups excluding carboxylic acids is 2. The first-order valence-electron chi connectivity index (χ1n) is 11.1. The molecule has 7 nitrogen and oxygen atoms in total. The van der Waals surface area contributed by atoms with Crippen molar-refractivity contribution in [2.24, 2.45) is 0 Å². The highest BCUT2D eigenvalue weighted by atomic mass is 32.2. The summed E-state index contributed by atoms with van der Waals surface area (Å²) in [6, 6.07) is 19.1. The largest absolute Gasteiger partial charge is 0.376 e. The molecule has 172 valence electrons. The number of rotatable bonds is 8. The van der Waals surface area contributed by atoms with Gasteiger partial charge >= 0.3 is 6.03 Å². The number of aromatic nitrogens is 2. The number of carbonyl (C=O) groups is 2. The number of benzene rings is 2. The van der Waals surface area contributed by atoms with Crippen LogP contribution in [0.15, 0.2) is 72.0 Å². The Morgan fingerprint density at radius 2 is 1.88 bits per heavy atom. The van der Waals surface area contributed by atoms with Gasteiger partial charge in [0.1, 0.15) is 0 Å². The van der Waals surface area contributed by atoms with Gasteiger partial charge in [0.05, 0.1) is 29.8 Å². The van der Waals surface area contributed by atoms with Crippen LogP contribution in [0.1, 0.15) is 25.3 Å². The number of thioether (sulfide) groups is 1. The Morgan fingerprint density at radius 3 is 2.58 bits per heavy atom. The van der Waals surface area contributed by atoms with Gasteiger partial charge in [-0.2, -0.15) is 0 Å². The third-order valence-electron chi connectivity index (χ3n) is 5.48. The lowest BCUT2D eigenvalue weighted by Gasteiger charge is -2.17. The summed E-state index contributed by atoms with van der Waals surface area (Å²) in [4.78, 5) is 29.4. The zero-order valence-electron chi connectivity index (χ0n) is 18.6. The van der Waals surface area contributed by atoms with E-state index in [4.69, 9.17) is 4.74 Å². The van der Waals surface area contributed by atoms with E-state index in [2.05, 4.69) is 20.2 Å². The van der Waals surface area contributed by atoms with E-state index in [0.717, 1.165) is 41.4 Å². The van der Waals surface area contributed by atoms with Crippen molar-refractivity contribution in [1.29, 1.82) is 0 Å². The smallest absolute Gasteiger partial charge is 0.321 e. The summed E-state index contributed by atoms with van der Waals surface area (Å²) in [6.07, 6.45) is 4.03. The second kappa shape index (κ2) is 11.2. The van der Waals surface area contributed by atoms with Crippen molar-refractivity contribution in [3.63, 3.8) is 0 Å². The molecule has 2 atom stereocenters. The molecule has 2 N–H and O–H groups in total. The number of nitrogens with one attached hydrogen (secondary N) is 2. The molecule has 0 aliphatic carbocycles. The molecule has 2 heterocycles. The van der Waals surface area contributed by atoms with E-state index in [9.17, 15) is 9.59 Å². The highest BCUT2D eigenvalue weighted by Gasteiger charge is 2.24. The van der Waals surface area contributed by atoms with E-state index < -0.39 is 11.3 Å². The Morgan fingerprint density at radius 1 is 1.15 bits per heavy atom. The van der Waals surface area contributed by atoms with Gasteiger partial charge in [0.25, 0.3) is 0 Å². The molecule has 1 aliphatic heterocycles. The zero-order chi connectivity index (χ0) is 23.0. The van der Waals surface area contributed by atoms with Crippen LogP contribution in [0, 0.1) is 0 Å². The van der Waals surface area contributed by atoms with Crippen LogP contribution in [-0.2, 0) is 22.6 Å². The molecule has 1 saturated heterocycles. The molecule has 4 rings (SSSR count). The van der Waals surface area contributed by atoms with Gasteiger partial charge in [0.15, 0.2) is 5.16 Å². The highest BCUT2D eigenvalue weighted by Crippen LogP contribution is 2.30. The number of hydrogen-bond acceptors (Lipinski definition) is 5. The summed E-state index contributed by atoms with van der Waals surface area (Å²) in [5, 5.41) is 5.38. The first-order chi connectivity index (χ1) is 16.1. The Balaban J connectivity index is 1.41. The summed E-state index contributed by atoms with van der Waals surface area (Å²) in [6.45, 7) is 3.59. The van der Waals surface area contributed by atoms with Crippen LogP contribution < -0.4 is 10.6 Å². The number of amides is 3. The lowest BCUT2D eigenvalue weighted by molar-refractivity contribution is -0.119. The van der Waals surface area contributed by atoms with Crippen LogP contribution in [0.25, 0.3) is 11.3 Å². The monoisotopic (exact) mass is 464 g/mol. The van der Waals surface area contributed by atoms with Gasteiger partial charge < -0.3 is 14.6 Å². The molecule has 33 heavy (non-hydrogen) atoms. The molecule has 1 aromatic heterocycles. The van der Waals surface area contributed by atoms with Crippen LogP contribution in [0.3, 0.4) is 0 Å². The number of nitrogens with zero attached hydrogens (tertiary/aromatic N) is 2. The predicted molar refractivity (Wildman–Crippen MR) is 129 cm³/mol. The van der Waals surface area contributed by atoms with Crippen molar-refractivity contribution in [3.05, 3.63) is 72.4 Å². The van der Waals surface area contributed by atoms with E-state index in [1.165, 1.54) is 11.8 Å². The Labute approximate surface area is 197 Å². The Hall–Kier alpha value is -3.10. The number of hydrogen-bond donors (Lipinski definition) is 2. The number of ether oxygens (including phenoxy) is 1. The average Bonchev–Trinajstić information content (AvgIpc) is 3.49. The van der Waals surface area contributed by atoms with Gasteiger partial charge in [0.2, 0.25) is 5.91 Å². The molecule has 2 unspecified atom stereocenters. The van der Waals surface area contributed by atoms with Crippen LogP contribution in [0.4, 0.5) is 4.79 Å². The maximum absolute atomic E-state index is 12.6. The van der Waals surface area contributed by atoms with Gasteiger partial charge in [-0.05, 0) is 30.9 Å². The normalized spacial score (nSPS) is 16.3. The highest BCUT2D eigenvalue weighted by molar-refractivity contribution is 8.00. The molecule has 0 spiro atoms. The molecule has 2 aromatic carbocycles. The van der Waals surface area contributed by atoms with E-state index in [1.54, 1.807) is 6.92 Å². The molecule has 0 radical (unpaired) electrons. The van der Waals surface area contributed by atoms with Crippen LogP contribution in [0.5, 0.6) is 0 Å². The number of imide groups is 1. The van der Waals surface area contributed by atoms with Gasteiger partial charge in [-0.3, -0.25) is 10.1 Å². The molecule has 8 heteroatoms. The second-order valence-corrected chi connectivity index (χ2v) is 9.26. The minimum absolute atomic E-state index is 0.133. The Kier molecular flexibility index (Phi) is 7.80.